The van der Waals surface area contributed by atoms with E-state index in [1.54, 1.807) is 0 Å². The molecule has 5 heteroatoms. The lowest BCUT2D eigenvalue weighted by atomic mass is 9.93. The van der Waals surface area contributed by atoms with Crippen LogP contribution in [0.1, 0.15) is 37.7 Å². The first-order valence-electron chi connectivity index (χ1n) is 9.35. The van der Waals surface area contributed by atoms with Crippen molar-refractivity contribution in [1.82, 2.24) is 9.80 Å². The second kappa shape index (κ2) is 7.42. The SMILES string of the molecule is O=C1/C(=C\N2CCOCC2)SC2(CCCCC2)N1Cc1ccccc1. The number of thioether (sulfide) groups is 1. The fourth-order valence-electron chi connectivity index (χ4n) is 4.03. The normalized spacial score (nSPS) is 25.1. The lowest BCUT2D eigenvalue weighted by molar-refractivity contribution is -0.130. The monoisotopic (exact) mass is 358 g/mol. The number of carbonyl (C=O) groups excluding carboxylic acids is 1. The highest BCUT2D eigenvalue weighted by Gasteiger charge is 2.49. The number of benzene rings is 1. The van der Waals surface area contributed by atoms with Gasteiger partial charge < -0.3 is 14.5 Å². The van der Waals surface area contributed by atoms with E-state index in [0.29, 0.717) is 6.54 Å². The van der Waals surface area contributed by atoms with Gasteiger partial charge in [0, 0.05) is 25.8 Å². The zero-order valence-electron chi connectivity index (χ0n) is 14.7. The van der Waals surface area contributed by atoms with Crippen molar-refractivity contribution in [3.63, 3.8) is 0 Å². The third-order valence-corrected chi connectivity index (χ3v) is 6.92. The molecule has 1 amide bonds. The highest BCUT2D eigenvalue weighted by Crippen LogP contribution is 2.52. The second-order valence-corrected chi connectivity index (χ2v) is 8.53. The Bertz CT molecular complexity index is 634. The molecule has 4 rings (SSSR count). The van der Waals surface area contributed by atoms with Crippen molar-refractivity contribution in [2.24, 2.45) is 0 Å². The van der Waals surface area contributed by atoms with E-state index in [2.05, 4.69) is 40.3 Å². The van der Waals surface area contributed by atoms with Gasteiger partial charge in [-0.25, -0.2) is 0 Å². The van der Waals surface area contributed by atoms with E-state index < -0.39 is 0 Å². The van der Waals surface area contributed by atoms with Crippen LogP contribution in [0.5, 0.6) is 0 Å². The van der Waals surface area contributed by atoms with Gasteiger partial charge in [0.15, 0.2) is 0 Å². The quantitative estimate of drug-likeness (QED) is 0.773. The van der Waals surface area contributed by atoms with Crippen molar-refractivity contribution in [2.45, 2.75) is 43.5 Å². The zero-order chi connectivity index (χ0) is 17.1. The van der Waals surface area contributed by atoms with E-state index in [9.17, 15) is 4.79 Å². The van der Waals surface area contributed by atoms with Crippen molar-refractivity contribution >= 4 is 17.7 Å². The van der Waals surface area contributed by atoms with E-state index in [0.717, 1.165) is 44.1 Å². The molecular formula is C20H26N2O2S. The van der Waals surface area contributed by atoms with Crippen molar-refractivity contribution in [3.8, 4) is 0 Å². The summed E-state index contributed by atoms with van der Waals surface area (Å²) in [6.07, 6.45) is 8.04. The predicted octanol–water partition coefficient (Wildman–Crippen LogP) is 3.60. The van der Waals surface area contributed by atoms with Crippen LogP contribution < -0.4 is 0 Å². The largest absolute Gasteiger partial charge is 0.378 e. The van der Waals surface area contributed by atoms with Crippen LogP contribution in [-0.4, -0.2) is 46.9 Å². The minimum absolute atomic E-state index is 0.0384. The number of morpholine rings is 1. The fraction of sp³-hybridized carbons (Fsp3) is 0.550. The van der Waals surface area contributed by atoms with Gasteiger partial charge in [-0.05, 0) is 18.4 Å². The standard InChI is InChI=1S/C20H26N2O2S/c23-19-18(16-21-11-13-24-14-12-21)25-20(9-5-2-6-10-20)22(19)15-17-7-3-1-4-8-17/h1,3-4,7-8,16H,2,5-6,9-15H2/b18-16+. The minimum atomic E-state index is -0.0384. The molecule has 0 N–H and O–H groups in total. The molecule has 1 aliphatic carbocycles. The topological polar surface area (TPSA) is 32.8 Å². The summed E-state index contributed by atoms with van der Waals surface area (Å²) >= 11 is 1.82. The fourth-order valence-corrected chi connectivity index (χ4v) is 5.59. The Hall–Kier alpha value is -1.46. The number of hydrogen-bond donors (Lipinski definition) is 0. The summed E-state index contributed by atoms with van der Waals surface area (Å²) in [4.78, 5) is 18.5. The smallest absolute Gasteiger partial charge is 0.263 e. The first-order chi connectivity index (χ1) is 12.3. The van der Waals surface area contributed by atoms with Crippen LogP contribution in [0.2, 0.25) is 0 Å². The average molecular weight is 359 g/mol. The Labute approximate surface area is 154 Å². The van der Waals surface area contributed by atoms with Crippen molar-refractivity contribution < 1.29 is 9.53 Å². The average Bonchev–Trinajstić information content (AvgIpc) is 2.89. The number of ether oxygens (including phenoxy) is 1. The summed E-state index contributed by atoms with van der Waals surface area (Å²) in [5, 5.41) is 0. The van der Waals surface area contributed by atoms with Crippen LogP contribution >= 0.6 is 11.8 Å². The molecular weight excluding hydrogens is 332 g/mol. The second-order valence-electron chi connectivity index (χ2n) is 7.13. The summed E-state index contributed by atoms with van der Waals surface area (Å²) in [5.74, 6) is 0.210. The number of hydrogen-bond acceptors (Lipinski definition) is 4. The highest BCUT2D eigenvalue weighted by atomic mass is 32.2. The Kier molecular flexibility index (Phi) is 5.04. The number of rotatable bonds is 3. The molecule has 1 aromatic rings. The van der Waals surface area contributed by atoms with Crippen molar-refractivity contribution in [1.29, 1.82) is 0 Å². The van der Waals surface area contributed by atoms with Crippen LogP contribution in [0.3, 0.4) is 0 Å². The van der Waals surface area contributed by atoms with Crippen LogP contribution in [0.4, 0.5) is 0 Å². The van der Waals surface area contributed by atoms with Crippen LogP contribution in [0.25, 0.3) is 0 Å². The maximum absolute atomic E-state index is 13.2. The Morgan fingerprint density at radius 2 is 1.80 bits per heavy atom. The first kappa shape index (κ1) is 17.0. The molecule has 3 aliphatic rings. The zero-order valence-corrected chi connectivity index (χ0v) is 15.5. The van der Waals surface area contributed by atoms with E-state index in [4.69, 9.17) is 4.74 Å². The van der Waals surface area contributed by atoms with Gasteiger partial charge in [-0.15, -0.1) is 0 Å². The molecule has 3 fully saturated rings. The Morgan fingerprint density at radius 3 is 2.52 bits per heavy atom. The molecule has 2 aliphatic heterocycles. The van der Waals surface area contributed by atoms with E-state index in [1.807, 2.05) is 17.8 Å². The maximum atomic E-state index is 13.2. The molecule has 4 nitrogen and oxygen atoms in total. The molecule has 2 saturated heterocycles. The van der Waals surface area contributed by atoms with Gasteiger partial charge in [0.1, 0.15) is 0 Å². The number of carbonyl (C=O) groups is 1. The summed E-state index contributed by atoms with van der Waals surface area (Å²) in [6.45, 7) is 3.97. The summed E-state index contributed by atoms with van der Waals surface area (Å²) in [7, 11) is 0. The molecule has 25 heavy (non-hydrogen) atoms. The van der Waals surface area contributed by atoms with Crippen LogP contribution in [0, 0.1) is 0 Å². The van der Waals surface area contributed by atoms with Gasteiger partial charge in [-0.2, -0.15) is 0 Å². The summed E-state index contributed by atoms with van der Waals surface area (Å²) in [5.41, 5.74) is 1.22. The van der Waals surface area contributed by atoms with Gasteiger partial charge in [0.05, 0.1) is 23.0 Å². The lowest BCUT2D eigenvalue weighted by Gasteiger charge is -2.40. The van der Waals surface area contributed by atoms with E-state index in [1.165, 1.54) is 24.8 Å². The third kappa shape index (κ3) is 3.58. The van der Waals surface area contributed by atoms with E-state index >= 15 is 0 Å². The molecule has 134 valence electrons. The Balaban J connectivity index is 1.59. The molecule has 0 radical (unpaired) electrons. The highest BCUT2D eigenvalue weighted by molar-refractivity contribution is 8.05. The summed E-state index contributed by atoms with van der Waals surface area (Å²) in [6, 6.07) is 10.4. The molecule has 0 atom stereocenters. The molecule has 1 spiro atoms. The van der Waals surface area contributed by atoms with Crippen LogP contribution in [-0.2, 0) is 16.1 Å². The number of nitrogens with zero attached hydrogens (tertiary/aromatic N) is 2. The first-order valence-corrected chi connectivity index (χ1v) is 10.2. The summed E-state index contributed by atoms with van der Waals surface area (Å²) < 4.78 is 5.43. The molecule has 0 aromatic heterocycles. The third-order valence-electron chi connectivity index (χ3n) is 5.41. The van der Waals surface area contributed by atoms with Crippen molar-refractivity contribution in [3.05, 3.63) is 47.0 Å². The maximum Gasteiger partial charge on any atom is 0.263 e. The van der Waals surface area contributed by atoms with Crippen LogP contribution in [0.15, 0.2) is 41.4 Å². The Morgan fingerprint density at radius 1 is 1.08 bits per heavy atom. The molecule has 1 aromatic carbocycles. The van der Waals surface area contributed by atoms with Gasteiger partial charge in [0.2, 0.25) is 0 Å². The minimum Gasteiger partial charge on any atom is -0.378 e. The molecule has 2 heterocycles. The molecule has 1 saturated carbocycles. The predicted molar refractivity (Wildman–Crippen MR) is 101 cm³/mol. The van der Waals surface area contributed by atoms with Gasteiger partial charge >= 0.3 is 0 Å². The van der Waals surface area contributed by atoms with Crippen molar-refractivity contribution in [2.75, 3.05) is 26.3 Å². The number of amides is 1. The van der Waals surface area contributed by atoms with Gasteiger partial charge in [-0.1, -0.05) is 61.4 Å². The molecule has 0 bridgehead atoms. The van der Waals surface area contributed by atoms with E-state index in [-0.39, 0.29) is 10.8 Å². The molecule has 0 unspecified atom stereocenters. The van der Waals surface area contributed by atoms with Gasteiger partial charge in [0.25, 0.3) is 5.91 Å². The lowest BCUT2D eigenvalue weighted by Crippen LogP contribution is -2.45. The van der Waals surface area contributed by atoms with Gasteiger partial charge in [-0.3, -0.25) is 4.79 Å².